The van der Waals surface area contributed by atoms with E-state index < -0.39 is 11.7 Å². The van der Waals surface area contributed by atoms with Crippen LogP contribution in [0.5, 0.6) is 11.5 Å². The van der Waals surface area contributed by atoms with Gasteiger partial charge in [0.05, 0.1) is 0 Å². The number of likely N-dealkylation sites (N-methyl/N-ethyl adjacent to an activating group) is 1. The number of hydrogen-bond acceptors (Lipinski definition) is 5. The Labute approximate surface area is 141 Å². The highest BCUT2D eigenvalue weighted by atomic mass is 16.7. The number of nitrogens with one attached hydrogen (secondary N) is 1. The zero-order valence-corrected chi connectivity index (χ0v) is 14.7. The maximum absolute atomic E-state index is 12.5. The van der Waals surface area contributed by atoms with Crippen LogP contribution in [-0.4, -0.2) is 48.9 Å². The third kappa shape index (κ3) is 4.78. The number of amides is 2. The highest BCUT2D eigenvalue weighted by molar-refractivity contribution is 5.94. The van der Waals surface area contributed by atoms with Gasteiger partial charge in [-0.05, 0) is 45.9 Å². The van der Waals surface area contributed by atoms with Gasteiger partial charge >= 0.3 is 6.09 Å². The Morgan fingerprint density at radius 3 is 2.62 bits per heavy atom. The van der Waals surface area contributed by atoms with E-state index in [1.165, 1.54) is 0 Å². The lowest BCUT2D eigenvalue weighted by molar-refractivity contribution is 0.0491. The van der Waals surface area contributed by atoms with Crippen LogP contribution >= 0.6 is 0 Å². The largest absolute Gasteiger partial charge is 0.454 e. The van der Waals surface area contributed by atoms with E-state index in [0.29, 0.717) is 23.6 Å². The molecule has 1 atom stereocenters. The molecule has 0 aromatic heterocycles. The van der Waals surface area contributed by atoms with E-state index in [1.54, 1.807) is 50.9 Å². The topological polar surface area (TPSA) is 77.1 Å². The second kappa shape index (κ2) is 6.98. The fourth-order valence-electron chi connectivity index (χ4n) is 2.30. The number of carbonyl (C=O) groups is 2. The van der Waals surface area contributed by atoms with E-state index >= 15 is 0 Å². The minimum absolute atomic E-state index is 0.161. The maximum Gasteiger partial charge on any atom is 0.407 e. The summed E-state index contributed by atoms with van der Waals surface area (Å²) in [7, 11) is 1.68. The second-order valence-electron chi connectivity index (χ2n) is 6.80. The summed E-state index contributed by atoms with van der Waals surface area (Å²) in [5, 5.41) is 2.72. The van der Waals surface area contributed by atoms with Gasteiger partial charge in [-0.2, -0.15) is 0 Å². The molecule has 0 spiro atoms. The molecule has 0 bridgehead atoms. The molecule has 1 aromatic rings. The second-order valence-corrected chi connectivity index (χ2v) is 6.80. The van der Waals surface area contributed by atoms with Gasteiger partial charge in [0, 0.05) is 25.2 Å². The van der Waals surface area contributed by atoms with Crippen LogP contribution in [0.1, 0.15) is 38.1 Å². The van der Waals surface area contributed by atoms with Crippen molar-refractivity contribution in [2.45, 2.75) is 39.3 Å². The number of carbonyl (C=O) groups excluding carboxylic acids is 2. The van der Waals surface area contributed by atoms with Gasteiger partial charge in [0.15, 0.2) is 11.5 Å². The Bertz CT molecular complexity index is 624. The number of ether oxygens (including phenoxy) is 3. The molecule has 1 N–H and O–H groups in total. The Morgan fingerprint density at radius 1 is 1.29 bits per heavy atom. The fraction of sp³-hybridized carbons (Fsp3) is 0.529. The Morgan fingerprint density at radius 2 is 1.96 bits per heavy atom. The molecule has 24 heavy (non-hydrogen) atoms. The Kier molecular flexibility index (Phi) is 5.21. The molecule has 0 radical (unpaired) electrons. The first kappa shape index (κ1) is 17.9. The van der Waals surface area contributed by atoms with Gasteiger partial charge < -0.3 is 24.4 Å². The number of fused-ring (bicyclic) bond motifs is 1. The monoisotopic (exact) mass is 336 g/mol. The molecule has 2 rings (SSSR count). The van der Waals surface area contributed by atoms with E-state index in [2.05, 4.69) is 5.32 Å². The summed E-state index contributed by atoms with van der Waals surface area (Å²) in [5.74, 6) is 1.04. The summed E-state index contributed by atoms with van der Waals surface area (Å²) in [6.07, 6.45) is -0.501. The molecular weight excluding hydrogens is 312 g/mol. The Balaban J connectivity index is 1.90. The molecule has 0 unspecified atom stereocenters. The van der Waals surface area contributed by atoms with Gasteiger partial charge in [0.1, 0.15) is 5.60 Å². The van der Waals surface area contributed by atoms with Crippen molar-refractivity contribution in [1.82, 2.24) is 10.2 Å². The minimum atomic E-state index is -0.558. The smallest absolute Gasteiger partial charge is 0.407 e. The third-order valence-electron chi connectivity index (χ3n) is 3.28. The number of rotatable bonds is 4. The first-order valence-corrected chi connectivity index (χ1v) is 7.80. The van der Waals surface area contributed by atoms with Crippen molar-refractivity contribution in [3.63, 3.8) is 0 Å². The molecule has 7 heteroatoms. The third-order valence-corrected chi connectivity index (χ3v) is 3.28. The van der Waals surface area contributed by atoms with Gasteiger partial charge in [-0.3, -0.25) is 4.79 Å². The Hall–Kier alpha value is -2.44. The number of benzene rings is 1. The molecule has 0 saturated carbocycles. The van der Waals surface area contributed by atoms with E-state index in [9.17, 15) is 9.59 Å². The van der Waals surface area contributed by atoms with Crippen molar-refractivity contribution >= 4 is 12.0 Å². The highest BCUT2D eigenvalue weighted by Crippen LogP contribution is 2.32. The summed E-state index contributed by atoms with van der Waals surface area (Å²) in [6, 6.07) is 4.82. The molecular formula is C17H24N2O5. The van der Waals surface area contributed by atoms with Crippen LogP contribution in [-0.2, 0) is 4.74 Å². The lowest BCUT2D eigenvalue weighted by atomic mass is 10.1. The van der Waals surface area contributed by atoms with E-state index in [0.717, 1.165) is 0 Å². The van der Waals surface area contributed by atoms with Crippen LogP contribution < -0.4 is 14.8 Å². The molecule has 132 valence electrons. The normalized spacial score (nSPS) is 14.0. The molecule has 1 aromatic carbocycles. The van der Waals surface area contributed by atoms with Crippen molar-refractivity contribution < 1.29 is 23.8 Å². The van der Waals surface area contributed by atoms with Gasteiger partial charge in [0.25, 0.3) is 5.91 Å². The molecule has 0 aliphatic carbocycles. The highest BCUT2D eigenvalue weighted by Gasteiger charge is 2.21. The maximum atomic E-state index is 12.5. The van der Waals surface area contributed by atoms with Crippen LogP contribution in [0.4, 0.5) is 4.79 Å². The van der Waals surface area contributed by atoms with Crippen molar-refractivity contribution in [3.05, 3.63) is 23.8 Å². The average Bonchev–Trinajstić information content (AvgIpc) is 2.91. The molecule has 0 fully saturated rings. The lowest BCUT2D eigenvalue weighted by Crippen LogP contribution is -2.44. The molecule has 1 heterocycles. The quantitative estimate of drug-likeness (QED) is 0.913. The van der Waals surface area contributed by atoms with Crippen LogP contribution in [0.2, 0.25) is 0 Å². The molecule has 1 aliphatic heterocycles. The number of nitrogens with zero attached hydrogens (tertiary/aromatic N) is 1. The predicted octanol–water partition coefficient (Wildman–Crippen LogP) is 2.40. The summed E-state index contributed by atoms with van der Waals surface area (Å²) in [5.41, 5.74) is -0.0518. The number of hydrogen-bond donors (Lipinski definition) is 1. The van der Waals surface area contributed by atoms with Crippen LogP contribution in [0.3, 0.4) is 0 Å². The van der Waals surface area contributed by atoms with Crippen LogP contribution in [0.15, 0.2) is 18.2 Å². The standard InChI is InChI=1S/C17H24N2O5/c1-11(18-16(21)24-17(2,3)4)9-19(5)15(20)12-6-7-13-14(8-12)23-10-22-13/h6-8,11H,9-10H2,1-5H3,(H,18,21)/t11-/m0/s1. The average molecular weight is 336 g/mol. The van der Waals surface area contributed by atoms with Gasteiger partial charge in [0.2, 0.25) is 6.79 Å². The SMILES string of the molecule is C[C@@H](CN(C)C(=O)c1ccc2c(c1)OCO2)NC(=O)OC(C)(C)C. The van der Waals surface area contributed by atoms with Crippen molar-refractivity contribution in [2.75, 3.05) is 20.4 Å². The van der Waals surface area contributed by atoms with Crippen molar-refractivity contribution in [2.24, 2.45) is 0 Å². The molecule has 0 saturated heterocycles. The predicted molar refractivity (Wildman–Crippen MR) is 88.4 cm³/mol. The van der Waals surface area contributed by atoms with E-state index in [4.69, 9.17) is 14.2 Å². The van der Waals surface area contributed by atoms with Gasteiger partial charge in [-0.1, -0.05) is 0 Å². The first-order valence-electron chi connectivity index (χ1n) is 7.80. The van der Waals surface area contributed by atoms with E-state index in [-0.39, 0.29) is 18.7 Å². The van der Waals surface area contributed by atoms with Crippen LogP contribution in [0.25, 0.3) is 0 Å². The van der Waals surface area contributed by atoms with Crippen molar-refractivity contribution in [1.29, 1.82) is 0 Å². The summed E-state index contributed by atoms with van der Waals surface area (Å²) in [6.45, 7) is 7.73. The minimum Gasteiger partial charge on any atom is -0.454 e. The molecule has 1 aliphatic rings. The zero-order chi connectivity index (χ0) is 17.9. The van der Waals surface area contributed by atoms with E-state index in [1.807, 2.05) is 6.92 Å². The summed E-state index contributed by atoms with van der Waals surface area (Å²) in [4.78, 5) is 25.8. The van der Waals surface area contributed by atoms with Crippen molar-refractivity contribution in [3.8, 4) is 11.5 Å². The summed E-state index contributed by atoms with van der Waals surface area (Å²) >= 11 is 0. The summed E-state index contributed by atoms with van der Waals surface area (Å²) < 4.78 is 15.7. The molecule has 7 nitrogen and oxygen atoms in total. The van der Waals surface area contributed by atoms with Gasteiger partial charge in [-0.15, -0.1) is 0 Å². The zero-order valence-electron chi connectivity index (χ0n) is 14.7. The fourth-order valence-corrected chi connectivity index (χ4v) is 2.30. The lowest BCUT2D eigenvalue weighted by Gasteiger charge is -2.25. The van der Waals surface area contributed by atoms with Crippen LogP contribution in [0, 0.1) is 0 Å². The first-order chi connectivity index (χ1) is 11.2. The number of alkyl carbamates (subject to hydrolysis) is 1. The molecule has 2 amide bonds. The van der Waals surface area contributed by atoms with Gasteiger partial charge in [-0.25, -0.2) is 4.79 Å².